The third-order valence-corrected chi connectivity index (χ3v) is 14.3. The second kappa shape index (κ2) is 53.8. The lowest BCUT2D eigenvalue weighted by Crippen LogP contribution is -2.47. The number of amides is 1. The van der Waals surface area contributed by atoms with Crippen molar-refractivity contribution in [1.29, 1.82) is 0 Å². The van der Waals surface area contributed by atoms with Crippen molar-refractivity contribution in [3.63, 3.8) is 0 Å². The summed E-state index contributed by atoms with van der Waals surface area (Å²) in [5.74, 6) is -0.554. The Morgan fingerprint density at radius 1 is 0.486 bits per heavy atom. The van der Waals surface area contributed by atoms with Gasteiger partial charge in [0.25, 0.3) is 7.82 Å². The van der Waals surface area contributed by atoms with Gasteiger partial charge in [-0.2, -0.15) is 0 Å². The summed E-state index contributed by atoms with van der Waals surface area (Å²) < 4.78 is 30.3. The van der Waals surface area contributed by atoms with E-state index in [0.29, 0.717) is 17.4 Å². The van der Waals surface area contributed by atoms with Crippen LogP contribution in [0.5, 0.6) is 0 Å². The van der Waals surface area contributed by atoms with Crippen molar-refractivity contribution in [2.45, 2.75) is 283 Å². The number of hydrogen-bond acceptors (Lipinski definition) is 7. The zero-order valence-corrected chi connectivity index (χ0v) is 49.9. The van der Waals surface area contributed by atoms with Crippen LogP contribution in [0.1, 0.15) is 271 Å². The Labute approximate surface area is 457 Å². The Morgan fingerprint density at radius 2 is 0.865 bits per heavy atom. The van der Waals surface area contributed by atoms with Crippen LogP contribution in [-0.4, -0.2) is 69.4 Å². The molecule has 10 heteroatoms. The summed E-state index contributed by atoms with van der Waals surface area (Å²) in [6.45, 7) is 6.70. The molecular formula is C64H117N2O7P. The molecule has 0 spiro atoms. The number of nitrogens with one attached hydrogen (secondary N) is 1. The highest BCUT2D eigenvalue weighted by molar-refractivity contribution is 7.45. The van der Waals surface area contributed by atoms with Gasteiger partial charge in [-0.05, 0) is 96.0 Å². The van der Waals surface area contributed by atoms with E-state index in [1.54, 1.807) is 0 Å². The number of unbranched alkanes of at least 4 members (excludes halogenated alkanes) is 29. The second-order valence-corrected chi connectivity index (χ2v) is 23.2. The number of allylic oxidation sites excluding steroid dienone is 11. The van der Waals surface area contributed by atoms with Gasteiger partial charge in [0.15, 0.2) is 0 Å². The molecule has 0 saturated carbocycles. The monoisotopic (exact) mass is 1060 g/mol. The molecule has 9 nitrogen and oxygen atoms in total. The minimum atomic E-state index is -4.70. The third kappa shape index (κ3) is 54.2. The van der Waals surface area contributed by atoms with Crippen LogP contribution < -0.4 is 10.2 Å². The minimum absolute atomic E-state index is 0.0267. The fourth-order valence-corrected chi connectivity index (χ4v) is 9.35. The summed E-state index contributed by atoms with van der Waals surface area (Å²) in [4.78, 5) is 39.9. The molecule has 0 aromatic heterocycles. The highest BCUT2D eigenvalue weighted by atomic mass is 31.2. The Bertz CT molecular complexity index is 1500. The predicted octanol–water partition coefficient (Wildman–Crippen LogP) is 18.2. The third-order valence-electron chi connectivity index (χ3n) is 13.4. The smallest absolute Gasteiger partial charge is 0.306 e. The Kier molecular flexibility index (Phi) is 52.0. The zero-order chi connectivity index (χ0) is 54.3. The maximum Gasteiger partial charge on any atom is 0.306 e. The van der Waals surface area contributed by atoms with Gasteiger partial charge in [-0.15, -0.1) is 0 Å². The first-order valence-corrected chi connectivity index (χ1v) is 32.2. The quantitative estimate of drug-likeness (QED) is 0.0212. The van der Waals surface area contributed by atoms with Crippen molar-refractivity contribution in [2.24, 2.45) is 0 Å². The number of quaternary nitrogens is 1. The van der Waals surface area contributed by atoms with Gasteiger partial charge in [0, 0.05) is 12.8 Å². The van der Waals surface area contributed by atoms with Gasteiger partial charge < -0.3 is 28.5 Å². The minimum Gasteiger partial charge on any atom is -0.756 e. The van der Waals surface area contributed by atoms with Crippen LogP contribution in [0.15, 0.2) is 72.9 Å². The molecule has 3 unspecified atom stereocenters. The number of carbonyl (C=O) groups excluding carboxylic acids is 2. The number of phosphoric ester groups is 1. The Hall–Kier alpha value is -2.55. The number of hydrogen-bond donors (Lipinski definition) is 1. The molecule has 0 heterocycles. The van der Waals surface area contributed by atoms with Crippen LogP contribution in [0.3, 0.4) is 0 Å². The zero-order valence-electron chi connectivity index (χ0n) is 49.0. The molecule has 0 bridgehead atoms. The van der Waals surface area contributed by atoms with Crippen molar-refractivity contribution < 1.29 is 37.3 Å². The van der Waals surface area contributed by atoms with Gasteiger partial charge in [0.05, 0.1) is 33.8 Å². The van der Waals surface area contributed by atoms with Crippen LogP contribution in [-0.2, 0) is 27.9 Å². The average Bonchev–Trinajstić information content (AvgIpc) is 3.36. The van der Waals surface area contributed by atoms with Gasteiger partial charge in [0.1, 0.15) is 19.3 Å². The highest BCUT2D eigenvalue weighted by Gasteiger charge is 2.27. The molecule has 0 rings (SSSR count). The van der Waals surface area contributed by atoms with Crippen molar-refractivity contribution in [3.8, 4) is 0 Å². The van der Waals surface area contributed by atoms with E-state index in [9.17, 15) is 19.0 Å². The summed E-state index contributed by atoms with van der Waals surface area (Å²) in [5.41, 5.74) is 0. The van der Waals surface area contributed by atoms with Crippen LogP contribution in [0.25, 0.3) is 0 Å². The molecule has 1 N–H and O–H groups in total. The second-order valence-electron chi connectivity index (χ2n) is 21.8. The lowest BCUT2D eigenvalue weighted by molar-refractivity contribution is -0.870. The molecule has 0 aliphatic rings. The lowest BCUT2D eigenvalue weighted by atomic mass is 10.0. The van der Waals surface area contributed by atoms with E-state index in [1.165, 1.54) is 135 Å². The molecule has 0 aliphatic carbocycles. The first-order valence-electron chi connectivity index (χ1n) is 30.7. The standard InChI is InChI=1S/C64H117N2O7P/c1-7-10-13-16-19-22-25-27-29-30-31-32-33-34-35-36-37-39-42-45-48-51-54-57-64(68)73-62(55-52-49-46-43-40-24-21-18-15-12-9-3)61(60-72-74(69,70)71-59-58-66(4,5)6)65-63(67)56-53-50-47-44-41-38-28-26-23-20-17-14-11-8-2/h11,14,19-20,22-23,27,29,31-32,52,55,61-62H,7-10,12-13,15-18,21,24-26,28,30,33-51,53-54,56-60H2,1-6H3,(H-,65,67,69,70)/b14-11+,22-19-,23-20+,29-27-,32-31-,55-52-. The largest absolute Gasteiger partial charge is 0.756 e. The van der Waals surface area contributed by atoms with Crippen LogP contribution in [0.2, 0.25) is 0 Å². The average molecular weight is 1060 g/mol. The number of carbonyl (C=O) groups is 2. The number of nitrogens with zero attached hydrogens (tertiary/aromatic N) is 1. The maximum atomic E-state index is 13.5. The summed E-state index contributed by atoms with van der Waals surface area (Å²) >= 11 is 0. The Balaban J connectivity index is 5.16. The Morgan fingerprint density at radius 3 is 1.32 bits per heavy atom. The van der Waals surface area contributed by atoms with Gasteiger partial charge >= 0.3 is 5.97 Å². The van der Waals surface area contributed by atoms with E-state index < -0.39 is 26.6 Å². The molecule has 0 saturated heterocycles. The molecule has 0 aromatic carbocycles. The fraction of sp³-hybridized carbons (Fsp3) is 0.781. The molecule has 1 amide bonds. The molecule has 430 valence electrons. The van der Waals surface area contributed by atoms with E-state index in [-0.39, 0.29) is 24.9 Å². The molecule has 0 fully saturated rings. The van der Waals surface area contributed by atoms with Crippen molar-refractivity contribution in [1.82, 2.24) is 5.32 Å². The summed E-state index contributed by atoms with van der Waals surface area (Å²) in [7, 11) is 1.17. The van der Waals surface area contributed by atoms with Crippen molar-refractivity contribution in [2.75, 3.05) is 40.9 Å². The van der Waals surface area contributed by atoms with Gasteiger partial charge in [-0.25, -0.2) is 0 Å². The highest BCUT2D eigenvalue weighted by Crippen LogP contribution is 2.38. The number of esters is 1. The normalized spacial score (nSPS) is 14.2. The fourth-order valence-electron chi connectivity index (χ4n) is 8.63. The molecule has 0 aromatic rings. The summed E-state index contributed by atoms with van der Waals surface area (Å²) in [6, 6.07) is -0.895. The number of rotatable bonds is 55. The van der Waals surface area contributed by atoms with Crippen molar-refractivity contribution in [3.05, 3.63) is 72.9 Å². The predicted molar refractivity (Wildman–Crippen MR) is 316 cm³/mol. The van der Waals surface area contributed by atoms with Crippen LogP contribution >= 0.6 is 7.82 Å². The molecule has 0 aliphatic heterocycles. The number of ether oxygens (including phenoxy) is 1. The summed E-state index contributed by atoms with van der Waals surface area (Å²) in [6.07, 6.45) is 68.7. The topological polar surface area (TPSA) is 114 Å². The number of likely N-dealkylation sites (N-methyl/N-ethyl adjacent to an activating group) is 1. The SMILES string of the molecule is CC/C=C/C/C=C/CCCCCCCCCC(=O)NC(COP(=O)([O-])OCC[N+](C)(C)C)C(/C=C\CCCCCCCCCCC)OC(=O)CCCCCCCCCCCC/C=C\C/C=C\C/C=C\CCCCC. The molecule has 3 atom stereocenters. The van der Waals surface area contributed by atoms with Crippen LogP contribution in [0, 0.1) is 0 Å². The van der Waals surface area contributed by atoms with E-state index in [1.807, 2.05) is 33.3 Å². The van der Waals surface area contributed by atoms with E-state index >= 15 is 0 Å². The van der Waals surface area contributed by atoms with Gasteiger partial charge in [0.2, 0.25) is 5.91 Å². The first kappa shape index (κ1) is 71.5. The summed E-state index contributed by atoms with van der Waals surface area (Å²) in [5, 5.41) is 3.02. The molecule has 74 heavy (non-hydrogen) atoms. The van der Waals surface area contributed by atoms with Crippen LogP contribution in [0.4, 0.5) is 0 Å². The van der Waals surface area contributed by atoms with Gasteiger partial charge in [-0.1, -0.05) is 235 Å². The number of phosphoric acid groups is 1. The molecular weight excluding hydrogens is 940 g/mol. The van der Waals surface area contributed by atoms with E-state index in [0.717, 1.165) is 103 Å². The van der Waals surface area contributed by atoms with E-state index in [4.69, 9.17) is 13.8 Å². The first-order chi connectivity index (χ1) is 35.9. The van der Waals surface area contributed by atoms with Gasteiger partial charge in [-0.3, -0.25) is 14.2 Å². The molecule has 0 radical (unpaired) electrons. The lowest BCUT2D eigenvalue weighted by Gasteiger charge is -2.30. The maximum absolute atomic E-state index is 13.5. The van der Waals surface area contributed by atoms with Crippen molar-refractivity contribution >= 4 is 19.7 Å². The van der Waals surface area contributed by atoms with E-state index in [2.05, 4.69) is 86.8 Å².